The quantitative estimate of drug-likeness (QED) is 0.910. The molecule has 1 N–H and O–H groups in total. The number of rotatable bonds is 3. The molecule has 1 heterocycles. The molecule has 0 aliphatic rings. The number of hydrogen-bond donors (Lipinski definition) is 1. The van der Waals surface area contributed by atoms with Gasteiger partial charge in [-0.15, -0.1) is 0 Å². The Morgan fingerprint density at radius 3 is 2.58 bits per heavy atom. The monoisotopic (exact) mass is 291 g/mol. The van der Waals surface area contributed by atoms with Gasteiger partial charge in [0.25, 0.3) is 0 Å². The van der Waals surface area contributed by atoms with Crippen LogP contribution in [0.25, 0.3) is 0 Å². The highest BCUT2D eigenvalue weighted by atomic mass is 35.5. The fourth-order valence-electron chi connectivity index (χ4n) is 1.73. The van der Waals surface area contributed by atoms with Crippen LogP contribution in [0, 0.1) is 11.3 Å². The van der Waals surface area contributed by atoms with Crippen LogP contribution in [-0.2, 0) is 0 Å². The van der Waals surface area contributed by atoms with Gasteiger partial charge in [-0.2, -0.15) is 5.26 Å². The lowest BCUT2D eigenvalue weighted by Crippen LogP contribution is -2.08. The Morgan fingerprint density at radius 1 is 1.16 bits per heavy atom. The fourth-order valence-corrected chi connectivity index (χ4v) is 2.17. The number of nitriles is 1. The van der Waals surface area contributed by atoms with Gasteiger partial charge >= 0.3 is 0 Å². The number of halogens is 2. The minimum atomic E-state index is -0.0195. The van der Waals surface area contributed by atoms with Crippen molar-refractivity contribution in [1.29, 1.82) is 5.26 Å². The fraction of sp³-hybridized carbons (Fsp3) is 0.143. The highest BCUT2D eigenvalue weighted by Gasteiger charge is 2.10. The summed E-state index contributed by atoms with van der Waals surface area (Å²) in [5.74, 6) is 0.591. The van der Waals surface area contributed by atoms with E-state index < -0.39 is 0 Å². The van der Waals surface area contributed by atoms with Crippen LogP contribution >= 0.6 is 23.2 Å². The molecular formula is C14H11Cl2N3. The van der Waals surface area contributed by atoms with Crippen molar-refractivity contribution >= 4 is 29.0 Å². The van der Waals surface area contributed by atoms with E-state index in [1.165, 1.54) is 0 Å². The van der Waals surface area contributed by atoms with E-state index in [2.05, 4.69) is 10.3 Å². The van der Waals surface area contributed by atoms with Crippen LogP contribution in [0.4, 0.5) is 5.82 Å². The molecule has 0 aliphatic carbocycles. The molecule has 2 aromatic rings. The van der Waals surface area contributed by atoms with E-state index in [4.69, 9.17) is 28.5 Å². The molecule has 1 unspecified atom stereocenters. The second kappa shape index (κ2) is 5.92. The van der Waals surface area contributed by atoms with Crippen molar-refractivity contribution in [3.8, 4) is 6.07 Å². The Morgan fingerprint density at radius 2 is 1.89 bits per heavy atom. The van der Waals surface area contributed by atoms with Gasteiger partial charge in [0, 0.05) is 5.02 Å². The summed E-state index contributed by atoms with van der Waals surface area (Å²) < 4.78 is 0. The predicted octanol–water partition coefficient (Wildman–Crippen LogP) is 4.43. The Hall–Kier alpha value is -1.76. The second-order valence-corrected chi connectivity index (χ2v) is 4.84. The lowest BCUT2D eigenvalue weighted by atomic mass is 10.1. The van der Waals surface area contributed by atoms with Gasteiger partial charge in [0.15, 0.2) is 5.69 Å². The number of pyridine rings is 1. The zero-order valence-corrected chi connectivity index (χ0v) is 11.7. The van der Waals surface area contributed by atoms with Gasteiger partial charge < -0.3 is 5.32 Å². The highest BCUT2D eigenvalue weighted by Crippen LogP contribution is 2.25. The molecule has 19 heavy (non-hydrogen) atoms. The minimum absolute atomic E-state index is 0.0195. The first-order chi connectivity index (χ1) is 9.11. The molecule has 3 nitrogen and oxygen atoms in total. The molecule has 0 spiro atoms. The van der Waals surface area contributed by atoms with Crippen LogP contribution in [0.15, 0.2) is 36.4 Å². The van der Waals surface area contributed by atoms with E-state index >= 15 is 0 Å². The summed E-state index contributed by atoms with van der Waals surface area (Å²) in [5.41, 5.74) is 1.18. The third-order valence-electron chi connectivity index (χ3n) is 2.69. The third kappa shape index (κ3) is 3.17. The zero-order chi connectivity index (χ0) is 13.8. The lowest BCUT2D eigenvalue weighted by Gasteiger charge is -2.16. The average Bonchev–Trinajstić information content (AvgIpc) is 2.41. The summed E-state index contributed by atoms with van der Waals surface area (Å²) in [6.45, 7) is 1.98. The SMILES string of the molecule is CC(Nc1ccc(Cl)c(C#N)n1)c1ccccc1Cl. The molecule has 0 radical (unpaired) electrons. The van der Waals surface area contributed by atoms with Crippen molar-refractivity contribution in [3.63, 3.8) is 0 Å². The first-order valence-electron chi connectivity index (χ1n) is 5.69. The summed E-state index contributed by atoms with van der Waals surface area (Å²) in [7, 11) is 0. The normalized spacial score (nSPS) is 11.7. The Kier molecular flexibility index (Phi) is 4.26. The summed E-state index contributed by atoms with van der Waals surface area (Å²) >= 11 is 12.0. The molecular weight excluding hydrogens is 281 g/mol. The number of aromatic nitrogens is 1. The Labute approximate surface area is 121 Å². The zero-order valence-electron chi connectivity index (χ0n) is 10.2. The molecule has 0 bridgehead atoms. The maximum absolute atomic E-state index is 8.89. The first-order valence-corrected chi connectivity index (χ1v) is 6.45. The van der Waals surface area contributed by atoms with Crippen LogP contribution < -0.4 is 5.32 Å². The van der Waals surface area contributed by atoms with E-state index in [1.807, 2.05) is 37.3 Å². The number of benzene rings is 1. The summed E-state index contributed by atoms with van der Waals surface area (Å²) in [6.07, 6.45) is 0. The second-order valence-electron chi connectivity index (χ2n) is 4.03. The van der Waals surface area contributed by atoms with Crippen molar-refractivity contribution in [2.45, 2.75) is 13.0 Å². The van der Waals surface area contributed by atoms with E-state index in [0.717, 1.165) is 5.56 Å². The molecule has 0 saturated carbocycles. The molecule has 0 fully saturated rings. The Balaban J connectivity index is 2.22. The van der Waals surface area contributed by atoms with Crippen LogP contribution in [0.1, 0.15) is 24.2 Å². The molecule has 5 heteroatoms. The van der Waals surface area contributed by atoms with Crippen molar-refractivity contribution in [2.24, 2.45) is 0 Å². The molecule has 0 aliphatic heterocycles. The van der Waals surface area contributed by atoms with E-state index in [-0.39, 0.29) is 11.7 Å². The molecule has 0 saturated heterocycles. The standard InChI is InChI=1S/C14H11Cl2N3/c1-9(10-4-2-3-5-11(10)15)18-14-7-6-12(16)13(8-17)19-14/h2-7,9H,1H3,(H,18,19). The van der Waals surface area contributed by atoms with Gasteiger partial charge in [0.2, 0.25) is 0 Å². The van der Waals surface area contributed by atoms with Crippen molar-refractivity contribution in [3.05, 3.63) is 57.7 Å². The molecule has 2 rings (SSSR count). The number of nitrogens with zero attached hydrogens (tertiary/aromatic N) is 2. The van der Waals surface area contributed by atoms with Gasteiger partial charge in [0.1, 0.15) is 11.9 Å². The third-order valence-corrected chi connectivity index (χ3v) is 3.34. The number of hydrogen-bond acceptors (Lipinski definition) is 3. The van der Waals surface area contributed by atoms with Gasteiger partial charge in [-0.3, -0.25) is 0 Å². The van der Waals surface area contributed by atoms with Crippen LogP contribution in [-0.4, -0.2) is 4.98 Å². The van der Waals surface area contributed by atoms with Gasteiger partial charge in [0.05, 0.1) is 11.1 Å². The molecule has 96 valence electrons. The van der Waals surface area contributed by atoms with Crippen LogP contribution in [0.2, 0.25) is 10.0 Å². The Bertz CT molecular complexity index is 635. The van der Waals surface area contributed by atoms with Crippen LogP contribution in [0.3, 0.4) is 0 Å². The number of nitrogens with one attached hydrogen (secondary N) is 1. The predicted molar refractivity (Wildman–Crippen MR) is 77.5 cm³/mol. The smallest absolute Gasteiger partial charge is 0.161 e. The lowest BCUT2D eigenvalue weighted by molar-refractivity contribution is 0.874. The molecule has 0 amide bonds. The van der Waals surface area contributed by atoms with Gasteiger partial charge in [-0.25, -0.2) is 4.98 Å². The maximum atomic E-state index is 8.89. The van der Waals surface area contributed by atoms with Crippen molar-refractivity contribution in [2.75, 3.05) is 5.32 Å². The molecule has 1 atom stereocenters. The number of anilines is 1. The molecule has 1 aromatic carbocycles. The van der Waals surface area contributed by atoms with Crippen molar-refractivity contribution in [1.82, 2.24) is 4.98 Å². The summed E-state index contributed by atoms with van der Waals surface area (Å²) in [6, 6.07) is 12.9. The van der Waals surface area contributed by atoms with E-state index in [0.29, 0.717) is 15.9 Å². The van der Waals surface area contributed by atoms with E-state index in [1.54, 1.807) is 12.1 Å². The minimum Gasteiger partial charge on any atom is -0.363 e. The molecule has 1 aromatic heterocycles. The maximum Gasteiger partial charge on any atom is 0.161 e. The summed E-state index contributed by atoms with van der Waals surface area (Å²) in [4.78, 5) is 4.14. The summed E-state index contributed by atoms with van der Waals surface area (Å²) in [5, 5.41) is 13.1. The highest BCUT2D eigenvalue weighted by molar-refractivity contribution is 6.31. The van der Waals surface area contributed by atoms with Crippen LogP contribution in [0.5, 0.6) is 0 Å². The van der Waals surface area contributed by atoms with Crippen molar-refractivity contribution < 1.29 is 0 Å². The topological polar surface area (TPSA) is 48.7 Å². The average molecular weight is 292 g/mol. The van der Waals surface area contributed by atoms with Gasteiger partial charge in [-0.1, -0.05) is 41.4 Å². The van der Waals surface area contributed by atoms with Gasteiger partial charge in [-0.05, 0) is 30.7 Å². The first kappa shape index (κ1) is 13.7. The largest absolute Gasteiger partial charge is 0.363 e. The van der Waals surface area contributed by atoms with E-state index in [9.17, 15) is 0 Å².